The van der Waals surface area contributed by atoms with Crippen LogP contribution in [0.1, 0.15) is 15.9 Å². The molecule has 0 saturated carbocycles. The highest BCUT2D eigenvalue weighted by Crippen LogP contribution is 2.22. The number of halogens is 1. The smallest absolute Gasteiger partial charge is 0.337 e. The summed E-state index contributed by atoms with van der Waals surface area (Å²) in [5, 5.41) is 0. The van der Waals surface area contributed by atoms with E-state index in [-0.39, 0.29) is 5.56 Å². The molecule has 18 heavy (non-hydrogen) atoms. The Labute approximate surface area is 105 Å². The number of hydrogen-bond donors (Lipinski definition) is 0. The second-order valence-electron chi connectivity index (χ2n) is 4.09. The molecular weight excluding hydrogens is 231 g/mol. The van der Waals surface area contributed by atoms with Crippen molar-refractivity contribution in [3.8, 4) is 11.1 Å². The minimum absolute atomic E-state index is 0.216. The van der Waals surface area contributed by atoms with Crippen LogP contribution in [-0.2, 0) is 4.74 Å². The lowest BCUT2D eigenvalue weighted by molar-refractivity contribution is 0.0600. The fourth-order valence-electron chi connectivity index (χ4n) is 1.74. The van der Waals surface area contributed by atoms with Crippen LogP contribution in [0, 0.1) is 12.7 Å². The molecule has 0 spiro atoms. The van der Waals surface area contributed by atoms with Gasteiger partial charge in [-0.15, -0.1) is 0 Å². The van der Waals surface area contributed by atoms with Crippen molar-refractivity contribution in [1.29, 1.82) is 0 Å². The van der Waals surface area contributed by atoms with E-state index in [2.05, 4.69) is 4.74 Å². The number of carbonyl (C=O) groups is 1. The summed E-state index contributed by atoms with van der Waals surface area (Å²) in [7, 11) is 1.28. The fraction of sp³-hybridized carbons (Fsp3) is 0.133. The molecule has 0 unspecified atom stereocenters. The minimum Gasteiger partial charge on any atom is -0.465 e. The molecule has 0 saturated heterocycles. The van der Waals surface area contributed by atoms with Crippen LogP contribution >= 0.6 is 0 Å². The number of aryl methyl sites for hydroxylation is 1. The molecule has 92 valence electrons. The summed E-state index contributed by atoms with van der Waals surface area (Å²) in [4.78, 5) is 11.4. The lowest BCUT2D eigenvalue weighted by Gasteiger charge is -2.05. The number of hydrogen-bond acceptors (Lipinski definition) is 2. The van der Waals surface area contributed by atoms with Gasteiger partial charge >= 0.3 is 5.97 Å². The van der Waals surface area contributed by atoms with Crippen LogP contribution in [0.2, 0.25) is 0 Å². The molecule has 0 radical (unpaired) electrons. The predicted molar refractivity (Wildman–Crippen MR) is 67.9 cm³/mol. The standard InChI is InChI=1S/C15H13FO2/c1-10-3-5-11(6-4-10)12-7-13(15(17)18-2)9-14(16)8-12/h3-9H,1-2H3. The van der Waals surface area contributed by atoms with Gasteiger partial charge in [0.25, 0.3) is 0 Å². The van der Waals surface area contributed by atoms with E-state index in [0.29, 0.717) is 5.56 Å². The van der Waals surface area contributed by atoms with Gasteiger partial charge in [0.05, 0.1) is 12.7 Å². The fourth-order valence-corrected chi connectivity index (χ4v) is 1.74. The first-order chi connectivity index (χ1) is 8.60. The first-order valence-electron chi connectivity index (χ1n) is 5.56. The monoisotopic (exact) mass is 244 g/mol. The molecule has 2 rings (SSSR count). The molecule has 0 aliphatic rings. The Morgan fingerprint density at radius 2 is 1.72 bits per heavy atom. The van der Waals surface area contributed by atoms with E-state index in [1.54, 1.807) is 6.07 Å². The van der Waals surface area contributed by atoms with Crippen molar-refractivity contribution in [2.75, 3.05) is 7.11 Å². The Morgan fingerprint density at radius 1 is 1.06 bits per heavy atom. The molecule has 0 atom stereocenters. The van der Waals surface area contributed by atoms with Crippen molar-refractivity contribution in [3.63, 3.8) is 0 Å². The Bertz CT molecular complexity index is 574. The van der Waals surface area contributed by atoms with Crippen molar-refractivity contribution in [1.82, 2.24) is 0 Å². The van der Waals surface area contributed by atoms with Gasteiger partial charge in [-0.2, -0.15) is 0 Å². The first kappa shape index (κ1) is 12.3. The molecule has 0 aliphatic carbocycles. The number of rotatable bonds is 2. The average Bonchev–Trinajstić information content (AvgIpc) is 2.38. The van der Waals surface area contributed by atoms with Crippen molar-refractivity contribution in [2.45, 2.75) is 6.92 Å². The minimum atomic E-state index is -0.539. The lowest BCUT2D eigenvalue weighted by Crippen LogP contribution is -2.02. The zero-order valence-electron chi connectivity index (χ0n) is 10.2. The van der Waals surface area contributed by atoms with Gasteiger partial charge in [-0.05, 0) is 36.2 Å². The van der Waals surface area contributed by atoms with Crippen LogP contribution in [0.3, 0.4) is 0 Å². The summed E-state index contributed by atoms with van der Waals surface area (Å²) >= 11 is 0. The molecule has 3 heteroatoms. The average molecular weight is 244 g/mol. The zero-order valence-corrected chi connectivity index (χ0v) is 10.2. The third kappa shape index (κ3) is 2.56. The highest BCUT2D eigenvalue weighted by atomic mass is 19.1. The van der Waals surface area contributed by atoms with Crippen LogP contribution in [0.15, 0.2) is 42.5 Å². The zero-order chi connectivity index (χ0) is 13.1. The molecule has 0 amide bonds. The van der Waals surface area contributed by atoms with Crippen LogP contribution in [0.25, 0.3) is 11.1 Å². The van der Waals surface area contributed by atoms with Gasteiger partial charge in [0.15, 0.2) is 0 Å². The van der Waals surface area contributed by atoms with Gasteiger partial charge in [0.1, 0.15) is 5.82 Å². The lowest BCUT2D eigenvalue weighted by atomic mass is 10.0. The molecule has 0 fully saturated rings. The summed E-state index contributed by atoms with van der Waals surface area (Å²) in [6.45, 7) is 1.98. The summed E-state index contributed by atoms with van der Waals surface area (Å²) in [6, 6.07) is 11.9. The van der Waals surface area contributed by atoms with Crippen molar-refractivity contribution >= 4 is 5.97 Å². The third-order valence-corrected chi connectivity index (χ3v) is 2.70. The Kier molecular flexibility index (Phi) is 3.42. The SMILES string of the molecule is COC(=O)c1cc(F)cc(-c2ccc(C)cc2)c1. The van der Waals surface area contributed by atoms with Crippen molar-refractivity contribution < 1.29 is 13.9 Å². The number of carbonyl (C=O) groups excluding carboxylic acids is 1. The number of esters is 1. The van der Waals surface area contributed by atoms with Crippen molar-refractivity contribution in [3.05, 3.63) is 59.4 Å². The molecule has 2 nitrogen and oxygen atoms in total. The topological polar surface area (TPSA) is 26.3 Å². The second kappa shape index (κ2) is 5.00. The number of benzene rings is 2. The third-order valence-electron chi connectivity index (χ3n) is 2.70. The van der Waals surface area contributed by atoms with E-state index in [4.69, 9.17) is 0 Å². The Morgan fingerprint density at radius 3 is 2.33 bits per heavy atom. The molecule has 2 aromatic carbocycles. The summed E-state index contributed by atoms with van der Waals surface area (Å²) < 4.78 is 18.1. The largest absolute Gasteiger partial charge is 0.465 e. The number of methoxy groups -OCH3 is 1. The van der Waals surface area contributed by atoms with Gasteiger partial charge in [-0.3, -0.25) is 0 Å². The highest BCUT2D eigenvalue weighted by molar-refractivity contribution is 5.91. The van der Waals surface area contributed by atoms with Crippen LogP contribution in [0.5, 0.6) is 0 Å². The van der Waals surface area contributed by atoms with Crippen molar-refractivity contribution in [2.24, 2.45) is 0 Å². The maximum absolute atomic E-state index is 13.5. The number of ether oxygens (including phenoxy) is 1. The molecule has 0 aromatic heterocycles. The summed E-state index contributed by atoms with van der Waals surface area (Å²) in [5.41, 5.74) is 2.87. The molecular formula is C15H13FO2. The van der Waals surface area contributed by atoms with E-state index < -0.39 is 11.8 Å². The quantitative estimate of drug-likeness (QED) is 0.755. The van der Waals surface area contributed by atoms with E-state index in [1.165, 1.54) is 19.2 Å². The summed E-state index contributed by atoms with van der Waals surface area (Å²) in [5.74, 6) is -0.990. The van der Waals surface area contributed by atoms with Crippen LogP contribution in [0.4, 0.5) is 4.39 Å². The normalized spacial score (nSPS) is 10.2. The van der Waals surface area contributed by atoms with Gasteiger partial charge in [-0.25, -0.2) is 9.18 Å². The molecule has 2 aromatic rings. The molecule has 0 bridgehead atoms. The second-order valence-corrected chi connectivity index (χ2v) is 4.09. The van der Waals surface area contributed by atoms with Gasteiger partial charge in [0, 0.05) is 0 Å². The van der Waals surface area contributed by atoms with Crippen LogP contribution in [-0.4, -0.2) is 13.1 Å². The van der Waals surface area contributed by atoms with E-state index in [1.807, 2.05) is 31.2 Å². The van der Waals surface area contributed by atoms with Crippen LogP contribution < -0.4 is 0 Å². The Hall–Kier alpha value is -2.16. The maximum Gasteiger partial charge on any atom is 0.337 e. The molecule has 0 heterocycles. The highest BCUT2D eigenvalue weighted by Gasteiger charge is 2.09. The predicted octanol–water partition coefficient (Wildman–Crippen LogP) is 3.59. The maximum atomic E-state index is 13.5. The van der Waals surface area contributed by atoms with E-state index in [9.17, 15) is 9.18 Å². The Balaban J connectivity index is 2.48. The van der Waals surface area contributed by atoms with Gasteiger partial charge in [0.2, 0.25) is 0 Å². The molecule has 0 N–H and O–H groups in total. The van der Waals surface area contributed by atoms with Gasteiger partial charge in [-0.1, -0.05) is 29.8 Å². The van der Waals surface area contributed by atoms with E-state index in [0.717, 1.165) is 11.1 Å². The van der Waals surface area contributed by atoms with Gasteiger partial charge < -0.3 is 4.74 Å². The first-order valence-corrected chi connectivity index (χ1v) is 5.56. The summed E-state index contributed by atoms with van der Waals surface area (Å²) in [6.07, 6.45) is 0. The molecule has 0 aliphatic heterocycles. The van der Waals surface area contributed by atoms with E-state index >= 15 is 0 Å².